The highest BCUT2D eigenvalue weighted by Crippen LogP contribution is 2.25. The summed E-state index contributed by atoms with van der Waals surface area (Å²) in [6.07, 6.45) is 0. The van der Waals surface area contributed by atoms with Gasteiger partial charge in [-0.05, 0) is 31.2 Å². The maximum absolute atomic E-state index is 13.8. The molecule has 0 aliphatic rings. The van der Waals surface area contributed by atoms with Crippen LogP contribution in [0.2, 0.25) is 0 Å². The number of phenols is 1. The van der Waals surface area contributed by atoms with Crippen molar-refractivity contribution >= 4 is 15.7 Å². The molecule has 2 aromatic carbocycles. The number of hydrogen-bond donors (Lipinski definition) is 3. The van der Waals surface area contributed by atoms with E-state index in [4.69, 9.17) is 5.14 Å². The summed E-state index contributed by atoms with van der Waals surface area (Å²) in [5, 5.41) is 17.2. The quantitative estimate of drug-likeness (QED) is 0.808. The first-order valence-electron chi connectivity index (χ1n) is 6.15. The zero-order valence-corrected chi connectivity index (χ0v) is 12.1. The predicted molar refractivity (Wildman–Crippen MR) is 77.9 cm³/mol. The van der Waals surface area contributed by atoms with Gasteiger partial charge in [0.1, 0.15) is 11.6 Å². The van der Waals surface area contributed by atoms with Crippen molar-refractivity contribution in [1.82, 2.24) is 0 Å². The van der Waals surface area contributed by atoms with Gasteiger partial charge >= 0.3 is 0 Å². The Hall–Kier alpha value is -2.12. The average Bonchev–Trinajstić information content (AvgIpc) is 2.37. The highest BCUT2D eigenvalue weighted by Gasteiger charge is 2.13. The molecule has 7 heteroatoms. The Labute approximate surface area is 122 Å². The van der Waals surface area contributed by atoms with Gasteiger partial charge in [-0.15, -0.1) is 0 Å². The lowest BCUT2D eigenvalue weighted by Crippen LogP contribution is -2.13. The van der Waals surface area contributed by atoms with Gasteiger partial charge < -0.3 is 10.4 Å². The number of hydrogen-bond acceptors (Lipinski definition) is 4. The molecule has 0 saturated heterocycles. The van der Waals surface area contributed by atoms with E-state index in [9.17, 15) is 17.9 Å². The Balaban J connectivity index is 2.25. The molecular formula is C14H15FN2O3S. The molecule has 0 radical (unpaired) electrons. The topological polar surface area (TPSA) is 92.4 Å². The molecular weight excluding hydrogens is 295 g/mol. The van der Waals surface area contributed by atoms with Crippen LogP contribution in [0.1, 0.15) is 18.5 Å². The van der Waals surface area contributed by atoms with Crippen LogP contribution < -0.4 is 10.5 Å². The minimum absolute atomic E-state index is 0.0223. The zero-order valence-electron chi connectivity index (χ0n) is 11.2. The van der Waals surface area contributed by atoms with Gasteiger partial charge in [0.25, 0.3) is 0 Å². The van der Waals surface area contributed by atoms with Gasteiger partial charge in [0.2, 0.25) is 10.0 Å². The van der Waals surface area contributed by atoms with Crippen LogP contribution in [-0.2, 0) is 10.0 Å². The van der Waals surface area contributed by atoms with Crippen LogP contribution in [0.25, 0.3) is 0 Å². The molecule has 0 aromatic heterocycles. The van der Waals surface area contributed by atoms with E-state index in [2.05, 4.69) is 5.32 Å². The van der Waals surface area contributed by atoms with Crippen molar-refractivity contribution in [2.75, 3.05) is 5.32 Å². The van der Waals surface area contributed by atoms with E-state index in [1.54, 1.807) is 19.1 Å². The smallest absolute Gasteiger partial charge is 0.238 e. The molecule has 1 atom stereocenters. The van der Waals surface area contributed by atoms with Gasteiger partial charge in [0, 0.05) is 17.3 Å². The molecule has 2 aromatic rings. The minimum atomic E-state index is -3.79. The van der Waals surface area contributed by atoms with E-state index in [1.165, 1.54) is 24.3 Å². The molecule has 0 bridgehead atoms. The average molecular weight is 310 g/mol. The number of rotatable bonds is 4. The molecule has 0 aliphatic carbocycles. The number of halogens is 1. The summed E-state index contributed by atoms with van der Waals surface area (Å²) in [7, 11) is -3.79. The number of primary sulfonamides is 1. The van der Waals surface area contributed by atoms with Crippen LogP contribution in [0.5, 0.6) is 5.75 Å². The Morgan fingerprint density at radius 3 is 2.57 bits per heavy atom. The number of aromatic hydroxyl groups is 1. The first kappa shape index (κ1) is 15.3. The van der Waals surface area contributed by atoms with Gasteiger partial charge in [-0.25, -0.2) is 17.9 Å². The summed E-state index contributed by atoms with van der Waals surface area (Å²) in [5.41, 5.74) is 0.857. The Morgan fingerprint density at radius 1 is 1.24 bits per heavy atom. The molecule has 112 valence electrons. The normalized spacial score (nSPS) is 12.9. The SMILES string of the molecule is CC(Nc1cccc(S(N)(=O)=O)c1)c1ccc(O)cc1F. The zero-order chi connectivity index (χ0) is 15.6. The fourth-order valence-corrected chi connectivity index (χ4v) is 2.52. The highest BCUT2D eigenvalue weighted by atomic mass is 32.2. The Kier molecular flexibility index (Phi) is 4.15. The molecule has 0 amide bonds. The second kappa shape index (κ2) is 5.71. The van der Waals surface area contributed by atoms with Gasteiger partial charge in [-0.1, -0.05) is 12.1 Å². The number of sulfonamides is 1. The third-order valence-corrected chi connectivity index (χ3v) is 3.91. The summed E-state index contributed by atoms with van der Waals surface area (Å²) in [4.78, 5) is -0.0223. The van der Waals surface area contributed by atoms with Crippen molar-refractivity contribution in [2.45, 2.75) is 17.9 Å². The van der Waals surface area contributed by atoms with E-state index in [0.29, 0.717) is 11.3 Å². The van der Waals surface area contributed by atoms with Crippen molar-refractivity contribution in [1.29, 1.82) is 0 Å². The maximum atomic E-state index is 13.8. The van der Waals surface area contributed by atoms with Crippen LogP contribution >= 0.6 is 0 Å². The molecule has 0 aliphatic heterocycles. The summed E-state index contributed by atoms with van der Waals surface area (Å²) in [6.45, 7) is 1.72. The number of nitrogens with two attached hydrogens (primary N) is 1. The molecule has 21 heavy (non-hydrogen) atoms. The van der Waals surface area contributed by atoms with Crippen molar-refractivity contribution in [3.05, 3.63) is 53.8 Å². The third kappa shape index (κ3) is 3.71. The van der Waals surface area contributed by atoms with Crippen LogP contribution in [-0.4, -0.2) is 13.5 Å². The Morgan fingerprint density at radius 2 is 1.95 bits per heavy atom. The highest BCUT2D eigenvalue weighted by molar-refractivity contribution is 7.89. The number of phenolic OH excluding ortho intramolecular Hbond substituents is 1. The van der Waals surface area contributed by atoms with Crippen LogP contribution in [0.3, 0.4) is 0 Å². The largest absolute Gasteiger partial charge is 0.508 e. The molecule has 0 saturated carbocycles. The fourth-order valence-electron chi connectivity index (χ4n) is 1.96. The Bertz CT molecular complexity index is 763. The van der Waals surface area contributed by atoms with Crippen molar-refractivity contribution in [3.63, 3.8) is 0 Å². The van der Waals surface area contributed by atoms with E-state index >= 15 is 0 Å². The van der Waals surface area contributed by atoms with E-state index in [0.717, 1.165) is 6.07 Å². The standard InChI is InChI=1S/C14H15FN2O3S/c1-9(13-6-5-11(18)8-14(13)15)17-10-3-2-4-12(7-10)21(16,19)20/h2-9,17-18H,1H3,(H2,16,19,20). The van der Waals surface area contributed by atoms with Crippen LogP contribution in [0.4, 0.5) is 10.1 Å². The molecule has 2 rings (SSSR count). The molecule has 0 fully saturated rings. The minimum Gasteiger partial charge on any atom is -0.508 e. The van der Waals surface area contributed by atoms with E-state index in [-0.39, 0.29) is 10.6 Å². The first-order chi connectivity index (χ1) is 9.77. The molecule has 5 nitrogen and oxygen atoms in total. The predicted octanol–water partition coefficient (Wildman–Crippen LogP) is 2.35. The van der Waals surface area contributed by atoms with E-state index in [1.807, 2.05) is 0 Å². The number of anilines is 1. The van der Waals surface area contributed by atoms with Gasteiger partial charge in [-0.2, -0.15) is 0 Å². The van der Waals surface area contributed by atoms with Crippen LogP contribution in [0, 0.1) is 5.82 Å². The van der Waals surface area contributed by atoms with Gasteiger partial charge in [-0.3, -0.25) is 0 Å². The summed E-state index contributed by atoms with van der Waals surface area (Å²) >= 11 is 0. The second-order valence-electron chi connectivity index (χ2n) is 4.64. The second-order valence-corrected chi connectivity index (χ2v) is 6.21. The molecule has 0 spiro atoms. The van der Waals surface area contributed by atoms with Crippen molar-refractivity contribution in [2.24, 2.45) is 5.14 Å². The third-order valence-electron chi connectivity index (χ3n) is 3.00. The first-order valence-corrected chi connectivity index (χ1v) is 7.70. The van der Waals surface area contributed by atoms with Crippen LogP contribution in [0.15, 0.2) is 47.4 Å². The summed E-state index contributed by atoms with van der Waals surface area (Å²) in [6, 6.07) is 9.42. The fraction of sp³-hybridized carbons (Fsp3) is 0.143. The maximum Gasteiger partial charge on any atom is 0.238 e. The summed E-state index contributed by atoms with van der Waals surface area (Å²) < 4.78 is 36.3. The van der Waals surface area contributed by atoms with Gasteiger partial charge in [0.15, 0.2) is 0 Å². The number of nitrogens with one attached hydrogen (secondary N) is 1. The lowest BCUT2D eigenvalue weighted by molar-refractivity contribution is 0.467. The monoisotopic (exact) mass is 310 g/mol. The lowest BCUT2D eigenvalue weighted by atomic mass is 10.1. The van der Waals surface area contributed by atoms with Crippen molar-refractivity contribution in [3.8, 4) is 5.75 Å². The van der Waals surface area contributed by atoms with Gasteiger partial charge in [0.05, 0.1) is 10.9 Å². The summed E-state index contributed by atoms with van der Waals surface area (Å²) in [5.74, 6) is -0.697. The lowest BCUT2D eigenvalue weighted by Gasteiger charge is -2.17. The van der Waals surface area contributed by atoms with E-state index < -0.39 is 21.9 Å². The van der Waals surface area contributed by atoms with Crippen molar-refractivity contribution < 1.29 is 17.9 Å². The molecule has 1 unspecified atom stereocenters. The molecule has 0 heterocycles. The number of benzene rings is 2. The molecule has 4 N–H and O–H groups in total.